The zero-order valence-electron chi connectivity index (χ0n) is 23.4. The fraction of sp³-hybridized carbons (Fsp3) is 0.394. The van der Waals surface area contributed by atoms with Crippen LogP contribution in [-0.4, -0.2) is 45.9 Å². The molecule has 1 saturated heterocycles. The zero-order valence-corrected chi connectivity index (χ0v) is 23.4. The molecule has 5 nitrogen and oxygen atoms in total. The zero-order chi connectivity index (χ0) is 28.8. The van der Waals surface area contributed by atoms with Gasteiger partial charge in [-0.15, -0.1) is 0 Å². The fourth-order valence-corrected chi connectivity index (χ4v) is 5.95. The maximum absolute atomic E-state index is 13.6. The van der Waals surface area contributed by atoms with Gasteiger partial charge in [0, 0.05) is 61.1 Å². The molecule has 1 amide bonds. The van der Waals surface area contributed by atoms with Crippen molar-refractivity contribution in [3.8, 4) is 0 Å². The maximum atomic E-state index is 13.6. The Balaban J connectivity index is 1.28. The number of aromatic nitrogens is 1. The molecule has 41 heavy (non-hydrogen) atoms. The Labute approximate surface area is 240 Å². The second kappa shape index (κ2) is 12.9. The van der Waals surface area contributed by atoms with Crippen LogP contribution in [0.3, 0.4) is 0 Å². The number of alkyl halides is 3. The Morgan fingerprint density at radius 3 is 2.29 bits per heavy atom. The summed E-state index contributed by atoms with van der Waals surface area (Å²) < 4.78 is 38.8. The molecule has 0 bridgehead atoms. The van der Waals surface area contributed by atoms with Crippen LogP contribution in [0.25, 0.3) is 6.08 Å². The standard InChI is InChI=1S/C33H37F3N4O/c1-24-22-29(16-19-37-24)38-28-13-8-26(9-14-28)23-40(31-17-20-39(21-18-31)30-4-2-3-5-30)32(41)15-10-25-6-11-27(12-7-25)33(34,35)36/h6-16,19,22,30-31H,2-5,17-18,20-21,23H2,1H3,(H,37,38)/b15-10+. The van der Waals surface area contributed by atoms with Crippen molar-refractivity contribution in [2.45, 2.75) is 70.3 Å². The van der Waals surface area contributed by atoms with Gasteiger partial charge in [-0.05, 0) is 86.2 Å². The number of benzene rings is 2. The van der Waals surface area contributed by atoms with Crippen LogP contribution in [0.1, 0.15) is 60.9 Å². The molecule has 0 spiro atoms. The van der Waals surface area contributed by atoms with Crippen LogP contribution in [0.2, 0.25) is 0 Å². The Hall–Kier alpha value is -3.65. The van der Waals surface area contributed by atoms with Gasteiger partial charge in [-0.25, -0.2) is 0 Å². The van der Waals surface area contributed by atoms with E-state index in [1.807, 2.05) is 48.2 Å². The van der Waals surface area contributed by atoms with Crippen molar-refractivity contribution >= 4 is 23.4 Å². The molecule has 216 valence electrons. The second-order valence-electron chi connectivity index (χ2n) is 11.1. The van der Waals surface area contributed by atoms with Gasteiger partial charge in [-0.1, -0.05) is 37.1 Å². The van der Waals surface area contributed by atoms with Crippen molar-refractivity contribution in [1.29, 1.82) is 0 Å². The van der Waals surface area contributed by atoms with Crippen molar-refractivity contribution in [2.24, 2.45) is 0 Å². The SMILES string of the molecule is Cc1cc(Nc2ccc(CN(C(=O)/C=C/c3ccc(C(F)(F)F)cc3)C3CCN(C4CCCC4)CC3)cc2)ccn1. The number of carbonyl (C=O) groups is 1. The highest BCUT2D eigenvalue weighted by Crippen LogP contribution is 2.30. The molecule has 1 saturated carbocycles. The van der Waals surface area contributed by atoms with Crippen molar-refractivity contribution in [3.63, 3.8) is 0 Å². The number of hydrogen-bond acceptors (Lipinski definition) is 4. The van der Waals surface area contributed by atoms with Gasteiger partial charge in [-0.2, -0.15) is 13.2 Å². The molecule has 2 aromatic carbocycles. The summed E-state index contributed by atoms with van der Waals surface area (Å²) in [5.41, 5.74) is 3.73. The highest BCUT2D eigenvalue weighted by Gasteiger charge is 2.31. The third-order valence-electron chi connectivity index (χ3n) is 8.21. The highest BCUT2D eigenvalue weighted by atomic mass is 19.4. The number of nitrogens with one attached hydrogen (secondary N) is 1. The van der Waals surface area contributed by atoms with Crippen LogP contribution in [0.5, 0.6) is 0 Å². The van der Waals surface area contributed by atoms with Gasteiger partial charge < -0.3 is 15.1 Å². The summed E-state index contributed by atoms with van der Waals surface area (Å²) in [6, 6.07) is 17.6. The molecule has 1 N–H and O–H groups in total. The largest absolute Gasteiger partial charge is 0.416 e. The van der Waals surface area contributed by atoms with Crippen molar-refractivity contribution in [2.75, 3.05) is 18.4 Å². The van der Waals surface area contributed by atoms with E-state index in [4.69, 9.17) is 0 Å². The molecule has 2 fully saturated rings. The number of hydrogen-bond donors (Lipinski definition) is 1. The first-order valence-electron chi connectivity index (χ1n) is 14.4. The topological polar surface area (TPSA) is 48.5 Å². The summed E-state index contributed by atoms with van der Waals surface area (Å²) in [5.74, 6) is -0.126. The Morgan fingerprint density at radius 2 is 1.66 bits per heavy atom. The number of anilines is 2. The number of rotatable bonds is 8. The van der Waals surface area contributed by atoms with E-state index in [2.05, 4.69) is 15.2 Å². The molecule has 0 atom stereocenters. The second-order valence-corrected chi connectivity index (χ2v) is 11.1. The van der Waals surface area contributed by atoms with Crippen molar-refractivity contribution in [3.05, 3.63) is 95.3 Å². The van der Waals surface area contributed by atoms with Crippen LogP contribution in [0.15, 0.2) is 72.9 Å². The molecule has 1 aliphatic heterocycles. The Bertz CT molecular complexity index is 1320. The molecular formula is C33H37F3N4O. The minimum absolute atomic E-state index is 0.106. The summed E-state index contributed by atoms with van der Waals surface area (Å²) in [5, 5.41) is 3.39. The smallest absolute Gasteiger partial charge is 0.355 e. The van der Waals surface area contributed by atoms with E-state index in [0.717, 1.165) is 60.7 Å². The number of amides is 1. The molecule has 5 rings (SSSR count). The van der Waals surface area contributed by atoms with Crippen molar-refractivity contribution < 1.29 is 18.0 Å². The van der Waals surface area contributed by atoms with Gasteiger partial charge in [-0.3, -0.25) is 9.78 Å². The van der Waals surface area contributed by atoms with Crippen LogP contribution in [0.4, 0.5) is 24.5 Å². The summed E-state index contributed by atoms with van der Waals surface area (Å²) in [4.78, 5) is 22.3. The van der Waals surface area contributed by atoms with Crippen LogP contribution >= 0.6 is 0 Å². The van der Waals surface area contributed by atoms with E-state index in [9.17, 15) is 18.0 Å². The van der Waals surface area contributed by atoms with Crippen LogP contribution in [0, 0.1) is 6.92 Å². The number of carbonyl (C=O) groups excluding carboxylic acids is 1. The quantitative estimate of drug-likeness (QED) is 0.287. The molecule has 2 aliphatic rings. The van der Waals surface area contributed by atoms with E-state index >= 15 is 0 Å². The first-order chi connectivity index (χ1) is 19.7. The van der Waals surface area contributed by atoms with E-state index in [-0.39, 0.29) is 11.9 Å². The fourth-order valence-electron chi connectivity index (χ4n) is 5.95. The lowest BCUT2D eigenvalue weighted by atomic mass is 9.99. The van der Waals surface area contributed by atoms with Crippen molar-refractivity contribution in [1.82, 2.24) is 14.8 Å². The first-order valence-corrected chi connectivity index (χ1v) is 14.4. The molecule has 0 unspecified atom stereocenters. The number of pyridine rings is 1. The Kier molecular flexibility index (Phi) is 9.08. The monoisotopic (exact) mass is 562 g/mol. The number of nitrogens with zero attached hydrogens (tertiary/aromatic N) is 3. The molecule has 1 aliphatic carbocycles. The lowest BCUT2D eigenvalue weighted by Gasteiger charge is -2.40. The van der Waals surface area contributed by atoms with E-state index in [1.54, 1.807) is 12.3 Å². The Morgan fingerprint density at radius 1 is 0.976 bits per heavy atom. The predicted octanol–water partition coefficient (Wildman–Crippen LogP) is 7.60. The first kappa shape index (κ1) is 28.9. The molecule has 1 aromatic heterocycles. The van der Waals surface area contributed by atoms with Gasteiger partial charge in [0.15, 0.2) is 0 Å². The minimum atomic E-state index is -4.38. The lowest BCUT2D eigenvalue weighted by Crippen LogP contribution is -2.48. The third-order valence-corrected chi connectivity index (χ3v) is 8.21. The van der Waals surface area contributed by atoms with Gasteiger partial charge in [0.25, 0.3) is 0 Å². The van der Waals surface area contributed by atoms with Gasteiger partial charge >= 0.3 is 6.18 Å². The summed E-state index contributed by atoms with van der Waals surface area (Å²) in [6.07, 6.45) is 7.45. The van der Waals surface area contributed by atoms with Crippen LogP contribution in [-0.2, 0) is 17.5 Å². The average molecular weight is 563 g/mol. The molecule has 8 heteroatoms. The third kappa shape index (κ3) is 7.76. The van der Waals surface area contributed by atoms with E-state index in [1.165, 1.54) is 43.9 Å². The van der Waals surface area contributed by atoms with E-state index < -0.39 is 11.7 Å². The molecule has 0 radical (unpaired) electrons. The number of halogens is 3. The normalized spacial score (nSPS) is 17.3. The number of likely N-dealkylation sites (tertiary alicyclic amines) is 1. The molecule has 2 heterocycles. The molecule has 3 aromatic rings. The van der Waals surface area contributed by atoms with Crippen LogP contribution < -0.4 is 5.32 Å². The average Bonchev–Trinajstić information content (AvgIpc) is 3.51. The predicted molar refractivity (Wildman–Crippen MR) is 157 cm³/mol. The number of piperidine rings is 1. The highest BCUT2D eigenvalue weighted by molar-refractivity contribution is 5.92. The number of aryl methyl sites for hydroxylation is 1. The maximum Gasteiger partial charge on any atom is 0.416 e. The minimum Gasteiger partial charge on any atom is -0.355 e. The van der Waals surface area contributed by atoms with Gasteiger partial charge in [0.05, 0.1) is 5.56 Å². The summed E-state index contributed by atoms with van der Waals surface area (Å²) in [7, 11) is 0. The van der Waals surface area contributed by atoms with Gasteiger partial charge in [0.2, 0.25) is 5.91 Å². The summed E-state index contributed by atoms with van der Waals surface area (Å²) in [6.45, 7) is 4.38. The summed E-state index contributed by atoms with van der Waals surface area (Å²) >= 11 is 0. The lowest BCUT2D eigenvalue weighted by molar-refractivity contribution is -0.137. The molecular weight excluding hydrogens is 525 g/mol. The van der Waals surface area contributed by atoms with E-state index in [0.29, 0.717) is 18.2 Å². The van der Waals surface area contributed by atoms with Gasteiger partial charge in [0.1, 0.15) is 0 Å².